The van der Waals surface area contributed by atoms with Gasteiger partial charge in [-0.15, -0.1) is 0 Å². The highest BCUT2D eigenvalue weighted by atomic mass is 35.5. The number of esters is 1. The summed E-state index contributed by atoms with van der Waals surface area (Å²) in [6.07, 6.45) is 1.69. The molecule has 0 unspecified atom stereocenters. The Bertz CT molecular complexity index is 1160. The fourth-order valence-corrected chi connectivity index (χ4v) is 3.42. The molecule has 0 amide bonds. The molecule has 4 rings (SSSR count). The van der Waals surface area contributed by atoms with Crippen LogP contribution in [-0.2, 0) is 16.1 Å². The van der Waals surface area contributed by atoms with Crippen molar-refractivity contribution in [2.24, 2.45) is 4.99 Å². The molecular formula is C26H22ClNO3. The van der Waals surface area contributed by atoms with Gasteiger partial charge >= 0.3 is 5.97 Å². The summed E-state index contributed by atoms with van der Waals surface area (Å²) in [5.41, 5.74) is 3.93. The molecule has 1 aliphatic heterocycles. The number of nitrogens with zero attached hydrogens (tertiary/aromatic N) is 1. The number of aliphatic imine (C=N–C) groups is 1. The summed E-state index contributed by atoms with van der Waals surface area (Å²) in [5.74, 6) is 0.908. The number of hydrogen-bond donors (Lipinski definition) is 0. The van der Waals surface area contributed by atoms with E-state index in [9.17, 15) is 4.79 Å². The molecule has 0 bridgehead atoms. The summed E-state index contributed by atoms with van der Waals surface area (Å²) in [6, 6.07) is 22.9. The first-order valence-electron chi connectivity index (χ1n) is 10.1. The van der Waals surface area contributed by atoms with E-state index in [2.05, 4.69) is 18.8 Å². The number of carbonyl (C=O) groups is 1. The van der Waals surface area contributed by atoms with E-state index < -0.39 is 5.97 Å². The molecule has 1 heterocycles. The van der Waals surface area contributed by atoms with Crippen molar-refractivity contribution in [1.82, 2.24) is 0 Å². The van der Waals surface area contributed by atoms with Gasteiger partial charge in [0.1, 0.15) is 12.4 Å². The predicted molar refractivity (Wildman–Crippen MR) is 123 cm³/mol. The topological polar surface area (TPSA) is 47.9 Å². The molecule has 3 aromatic rings. The lowest BCUT2D eigenvalue weighted by Gasteiger charge is -2.09. The van der Waals surface area contributed by atoms with E-state index >= 15 is 0 Å². The Labute approximate surface area is 186 Å². The largest absolute Gasteiger partial charge is 0.488 e. The lowest BCUT2D eigenvalue weighted by Crippen LogP contribution is -2.05. The van der Waals surface area contributed by atoms with Crippen molar-refractivity contribution in [2.45, 2.75) is 26.4 Å². The van der Waals surface area contributed by atoms with Gasteiger partial charge in [0, 0.05) is 16.1 Å². The maximum atomic E-state index is 12.4. The maximum absolute atomic E-state index is 12.4. The average Bonchev–Trinajstić information content (AvgIpc) is 3.13. The fourth-order valence-electron chi connectivity index (χ4n) is 3.21. The van der Waals surface area contributed by atoms with Crippen molar-refractivity contribution in [1.29, 1.82) is 0 Å². The van der Waals surface area contributed by atoms with Crippen LogP contribution in [0.15, 0.2) is 83.5 Å². The van der Waals surface area contributed by atoms with Crippen LogP contribution in [0.3, 0.4) is 0 Å². The van der Waals surface area contributed by atoms with E-state index in [1.54, 1.807) is 6.08 Å². The number of ether oxygens (including phenoxy) is 2. The zero-order chi connectivity index (χ0) is 21.8. The molecule has 0 saturated carbocycles. The molecule has 0 aliphatic carbocycles. The van der Waals surface area contributed by atoms with Gasteiger partial charge in [0.05, 0.1) is 0 Å². The van der Waals surface area contributed by atoms with Crippen molar-refractivity contribution in [3.8, 4) is 5.75 Å². The van der Waals surface area contributed by atoms with Crippen LogP contribution in [0.5, 0.6) is 5.75 Å². The molecule has 3 aromatic carbocycles. The highest BCUT2D eigenvalue weighted by Gasteiger charge is 2.24. The first-order chi connectivity index (χ1) is 15.0. The molecule has 0 aromatic heterocycles. The number of benzene rings is 3. The zero-order valence-electron chi connectivity index (χ0n) is 17.3. The Morgan fingerprint density at radius 1 is 1.03 bits per heavy atom. The molecule has 0 atom stereocenters. The van der Waals surface area contributed by atoms with Crippen LogP contribution in [0.4, 0.5) is 0 Å². The van der Waals surface area contributed by atoms with Gasteiger partial charge in [0.2, 0.25) is 5.90 Å². The minimum absolute atomic E-state index is 0.238. The van der Waals surface area contributed by atoms with Gasteiger partial charge in [0.25, 0.3) is 0 Å². The van der Waals surface area contributed by atoms with Crippen molar-refractivity contribution in [3.63, 3.8) is 0 Å². The van der Waals surface area contributed by atoms with Gasteiger partial charge in [-0.3, -0.25) is 0 Å². The normalized spacial score (nSPS) is 14.6. The Balaban J connectivity index is 1.56. The molecule has 4 nitrogen and oxygen atoms in total. The van der Waals surface area contributed by atoms with E-state index in [0.29, 0.717) is 29.2 Å². The van der Waals surface area contributed by atoms with Crippen LogP contribution >= 0.6 is 11.6 Å². The maximum Gasteiger partial charge on any atom is 0.363 e. The molecule has 1 aliphatic rings. The quantitative estimate of drug-likeness (QED) is 0.335. The third kappa shape index (κ3) is 5.04. The van der Waals surface area contributed by atoms with E-state index in [4.69, 9.17) is 21.1 Å². The minimum atomic E-state index is -0.479. The molecule has 0 spiro atoms. The lowest BCUT2D eigenvalue weighted by atomic mass is 10.0. The number of rotatable bonds is 6. The highest BCUT2D eigenvalue weighted by molar-refractivity contribution is 6.30. The summed E-state index contributed by atoms with van der Waals surface area (Å²) in [4.78, 5) is 16.8. The van der Waals surface area contributed by atoms with Crippen LogP contribution in [0, 0.1) is 0 Å². The Morgan fingerprint density at radius 3 is 2.55 bits per heavy atom. The Hall–Kier alpha value is -3.37. The monoisotopic (exact) mass is 431 g/mol. The van der Waals surface area contributed by atoms with E-state index in [0.717, 1.165) is 16.7 Å². The average molecular weight is 432 g/mol. The Kier molecular flexibility index (Phi) is 6.19. The predicted octanol–water partition coefficient (Wildman–Crippen LogP) is 6.39. The number of cyclic esters (lactones) is 1. The van der Waals surface area contributed by atoms with Crippen LogP contribution in [0.1, 0.15) is 42.0 Å². The summed E-state index contributed by atoms with van der Waals surface area (Å²) < 4.78 is 11.4. The van der Waals surface area contributed by atoms with Crippen molar-refractivity contribution < 1.29 is 14.3 Å². The first kappa shape index (κ1) is 20.9. The van der Waals surface area contributed by atoms with Gasteiger partial charge in [0.15, 0.2) is 5.70 Å². The van der Waals surface area contributed by atoms with Crippen LogP contribution in [0.2, 0.25) is 5.02 Å². The standard InChI is InChI=1S/C26H22ClNO3/c1-17(2)19-10-12-20(13-11-19)25-28-23(26(29)31-25)15-21-7-3-4-9-24(21)30-16-18-6-5-8-22(27)14-18/h3-15,17H,16H2,1-2H3/b23-15-. The van der Waals surface area contributed by atoms with Crippen LogP contribution in [-0.4, -0.2) is 11.9 Å². The lowest BCUT2D eigenvalue weighted by molar-refractivity contribution is -0.129. The van der Waals surface area contributed by atoms with E-state index in [1.165, 1.54) is 5.56 Å². The van der Waals surface area contributed by atoms with Gasteiger partial charge in [-0.25, -0.2) is 9.79 Å². The van der Waals surface area contributed by atoms with Crippen molar-refractivity contribution in [3.05, 3.63) is 106 Å². The summed E-state index contributed by atoms with van der Waals surface area (Å²) >= 11 is 6.04. The molecule has 5 heteroatoms. The van der Waals surface area contributed by atoms with E-state index in [1.807, 2.05) is 72.8 Å². The molecular weight excluding hydrogens is 410 g/mol. The Morgan fingerprint density at radius 2 is 1.81 bits per heavy atom. The smallest absolute Gasteiger partial charge is 0.363 e. The van der Waals surface area contributed by atoms with Gasteiger partial charge in [-0.05, 0) is 53.5 Å². The second kappa shape index (κ2) is 9.19. The number of hydrogen-bond acceptors (Lipinski definition) is 4. The summed E-state index contributed by atoms with van der Waals surface area (Å²) in [6.45, 7) is 4.63. The van der Waals surface area contributed by atoms with Crippen LogP contribution in [0.25, 0.3) is 6.08 Å². The van der Waals surface area contributed by atoms with Gasteiger partial charge < -0.3 is 9.47 Å². The molecule has 0 fully saturated rings. The van der Waals surface area contributed by atoms with Gasteiger partial charge in [-0.2, -0.15) is 0 Å². The SMILES string of the molecule is CC(C)c1ccc(C2=N/C(=C\c3ccccc3OCc3cccc(Cl)c3)C(=O)O2)cc1. The number of halogens is 1. The van der Waals surface area contributed by atoms with E-state index in [-0.39, 0.29) is 5.70 Å². The zero-order valence-corrected chi connectivity index (χ0v) is 18.1. The van der Waals surface area contributed by atoms with Gasteiger partial charge in [-0.1, -0.05) is 67.9 Å². The first-order valence-corrected chi connectivity index (χ1v) is 10.5. The van der Waals surface area contributed by atoms with Crippen molar-refractivity contribution in [2.75, 3.05) is 0 Å². The second-order valence-electron chi connectivity index (χ2n) is 7.57. The van der Waals surface area contributed by atoms with Crippen LogP contribution < -0.4 is 4.74 Å². The molecule has 31 heavy (non-hydrogen) atoms. The minimum Gasteiger partial charge on any atom is -0.488 e. The summed E-state index contributed by atoms with van der Waals surface area (Å²) in [5, 5.41) is 0.661. The van der Waals surface area contributed by atoms with Crippen molar-refractivity contribution >= 4 is 29.5 Å². The fraction of sp³-hybridized carbons (Fsp3) is 0.154. The molecule has 0 saturated heterocycles. The number of carbonyl (C=O) groups excluding carboxylic acids is 1. The summed E-state index contributed by atoms with van der Waals surface area (Å²) in [7, 11) is 0. The molecule has 156 valence electrons. The highest BCUT2D eigenvalue weighted by Crippen LogP contribution is 2.26. The number of para-hydroxylation sites is 1. The molecule has 0 radical (unpaired) electrons. The second-order valence-corrected chi connectivity index (χ2v) is 8.01. The third-order valence-corrected chi connectivity index (χ3v) is 5.17. The third-order valence-electron chi connectivity index (χ3n) is 4.94. The molecule has 0 N–H and O–H groups in total.